The molecule has 3 aromatic rings. The molecule has 0 saturated heterocycles. The van der Waals surface area contributed by atoms with Gasteiger partial charge in [0.05, 0.1) is 12.2 Å². The molecular weight excluding hydrogens is 366 g/mol. The maximum atomic E-state index is 11.3. The summed E-state index contributed by atoms with van der Waals surface area (Å²) >= 11 is 0. The van der Waals surface area contributed by atoms with Crippen molar-refractivity contribution in [3.05, 3.63) is 64.4 Å². The number of hydrogen-bond acceptors (Lipinski definition) is 7. The molecule has 2 aromatic heterocycles. The molecule has 4 N–H and O–H groups in total. The van der Waals surface area contributed by atoms with E-state index in [-0.39, 0.29) is 0 Å². The zero-order valence-corrected chi connectivity index (χ0v) is 16.5. The van der Waals surface area contributed by atoms with Gasteiger partial charge in [0, 0.05) is 34.6 Å². The van der Waals surface area contributed by atoms with Crippen molar-refractivity contribution in [3.8, 4) is 11.4 Å². The van der Waals surface area contributed by atoms with Crippen LogP contribution in [0, 0.1) is 13.8 Å². The molecule has 1 aromatic carbocycles. The van der Waals surface area contributed by atoms with E-state index < -0.39 is 5.91 Å². The maximum absolute atomic E-state index is 11.3. The zero-order valence-electron chi connectivity index (χ0n) is 16.5. The van der Waals surface area contributed by atoms with E-state index in [4.69, 9.17) is 15.7 Å². The number of nitrogens with zero attached hydrogens (tertiary/aromatic N) is 4. The Morgan fingerprint density at radius 1 is 1.10 bits per heavy atom. The number of primary amides is 1. The lowest BCUT2D eigenvalue weighted by atomic mass is 10.1. The summed E-state index contributed by atoms with van der Waals surface area (Å²) in [5.41, 5.74) is 10.6. The molecule has 0 spiro atoms. The number of hydrogen-bond donors (Lipinski definition) is 3. The number of rotatable bonds is 5. The van der Waals surface area contributed by atoms with Crippen molar-refractivity contribution in [2.24, 2.45) is 5.73 Å². The molecule has 0 atom stereocenters. The van der Waals surface area contributed by atoms with Crippen LogP contribution in [-0.2, 0) is 19.5 Å². The lowest BCUT2D eigenvalue weighted by molar-refractivity contribution is 0.100. The van der Waals surface area contributed by atoms with Crippen LogP contribution >= 0.6 is 0 Å². The van der Waals surface area contributed by atoms with Gasteiger partial charge in [-0.25, -0.2) is 19.9 Å². The summed E-state index contributed by atoms with van der Waals surface area (Å²) in [4.78, 5) is 29.8. The van der Waals surface area contributed by atoms with Crippen LogP contribution in [0.15, 0.2) is 30.3 Å². The number of nitrogens with two attached hydrogens (primary N) is 1. The summed E-state index contributed by atoms with van der Waals surface area (Å²) < 4.78 is 0. The number of carbonyl (C=O) groups excluding carboxylic acids is 1. The summed E-state index contributed by atoms with van der Waals surface area (Å²) in [7, 11) is 0. The summed E-state index contributed by atoms with van der Waals surface area (Å²) in [6.07, 6.45) is 0.853. The molecule has 0 fully saturated rings. The van der Waals surface area contributed by atoms with Crippen molar-refractivity contribution >= 4 is 11.7 Å². The molecule has 0 radical (unpaired) electrons. The van der Waals surface area contributed by atoms with Gasteiger partial charge in [0.1, 0.15) is 11.6 Å². The number of anilines is 1. The minimum Gasteiger partial charge on any atom is -0.366 e. The Hall–Kier alpha value is -3.39. The molecular formula is C21H23N7O. The van der Waals surface area contributed by atoms with Gasteiger partial charge in [0.15, 0.2) is 5.82 Å². The second-order valence-corrected chi connectivity index (χ2v) is 7.11. The van der Waals surface area contributed by atoms with Crippen LogP contribution < -0.4 is 16.4 Å². The predicted molar refractivity (Wildman–Crippen MR) is 110 cm³/mol. The van der Waals surface area contributed by atoms with Crippen LogP contribution in [0.5, 0.6) is 0 Å². The van der Waals surface area contributed by atoms with E-state index in [9.17, 15) is 4.79 Å². The summed E-state index contributed by atoms with van der Waals surface area (Å²) in [6.45, 7) is 5.99. The molecule has 1 aliphatic heterocycles. The highest BCUT2D eigenvalue weighted by Crippen LogP contribution is 2.25. The Labute approximate surface area is 169 Å². The van der Waals surface area contributed by atoms with Crippen LogP contribution in [0.2, 0.25) is 0 Å². The lowest BCUT2D eigenvalue weighted by Crippen LogP contribution is -2.26. The van der Waals surface area contributed by atoms with E-state index in [0.29, 0.717) is 24.5 Å². The average Bonchev–Trinajstić information content (AvgIpc) is 2.71. The smallest absolute Gasteiger partial charge is 0.248 e. The van der Waals surface area contributed by atoms with E-state index in [1.165, 1.54) is 0 Å². The first-order valence-corrected chi connectivity index (χ1v) is 9.55. The average molecular weight is 389 g/mol. The molecule has 1 amide bonds. The van der Waals surface area contributed by atoms with Gasteiger partial charge in [-0.05, 0) is 45.0 Å². The Kier molecular flexibility index (Phi) is 5.18. The Balaban J connectivity index is 1.66. The molecule has 8 nitrogen and oxygen atoms in total. The topological polar surface area (TPSA) is 119 Å². The zero-order chi connectivity index (χ0) is 20.4. The molecule has 148 valence electrons. The first-order chi connectivity index (χ1) is 14.0. The third kappa shape index (κ3) is 4.22. The van der Waals surface area contributed by atoms with Crippen LogP contribution in [0.1, 0.15) is 38.8 Å². The SMILES string of the molecule is Cc1cc(C)nc(CNc2nc(-c3ccc(C(N)=O)cc3)nc3c2CCNC3)n1. The molecule has 29 heavy (non-hydrogen) atoms. The molecule has 8 heteroatoms. The highest BCUT2D eigenvalue weighted by atomic mass is 16.1. The molecule has 1 aliphatic rings. The van der Waals surface area contributed by atoms with Crippen LogP contribution in [0.4, 0.5) is 5.82 Å². The van der Waals surface area contributed by atoms with Crippen molar-refractivity contribution in [1.29, 1.82) is 0 Å². The number of nitrogens with one attached hydrogen (secondary N) is 2. The normalized spacial score (nSPS) is 13.0. The molecule has 0 bridgehead atoms. The number of benzene rings is 1. The standard InChI is InChI=1S/C21H23N7O/c1-12-9-13(2)26-18(25-12)11-24-21-16-7-8-23-10-17(16)27-20(28-21)15-5-3-14(4-6-15)19(22)29/h3-6,9,23H,7-8,10-11H2,1-2H3,(H2,22,29)(H,24,27,28). The predicted octanol–water partition coefficient (Wildman–Crippen LogP) is 1.91. The highest BCUT2D eigenvalue weighted by molar-refractivity contribution is 5.93. The van der Waals surface area contributed by atoms with E-state index in [2.05, 4.69) is 20.6 Å². The largest absolute Gasteiger partial charge is 0.366 e. The minimum atomic E-state index is -0.456. The molecule has 3 heterocycles. The quantitative estimate of drug-likeness (QED) is 0.610. The number of fused-ring (bicyclic) bond motifs is 1. The fourth-order valence-corrected chi connectivity index (χ4v) is 3.46. The van der Waals surface area contributed by atoms with Crippen molar-refractivity contribution in [1.82, 2.24) is 25.3 Å². The first kappa shape index (κ1) is 18.9. The Bertz CT molecular complexity index is 1040. The van der Waals surface area contributed by atoms with Gasteiger partial charge in [-0.2, -0.15) is 0 Å². The minimum absolute atomic E-state index is 0.456. The Morgan fingerprint density at radius 2 is 1.83 bits per heavy atom. The van der Waals surface area contributed by atoms with Gasteiger partial charge in [0.2, 0.25) is 5.91 Å². The number of aromatic nitrogens is 4. The van der Waals surface area contributed by atoms with Gasteiger partial charge < -0.3 is 16.4 Å². The molecule has 0 unspecified atom stereocenters. The van der Waals surface area contributed by atoms with Crippen molar-refractivity contribution < 1.29 is 4.79 Å². The van der Waals surface area contributed by atoms with Crippen molar-refractivity contribution in [2.75, 3.05) is 11.9 Å². The highest BCUT2D eigenvalue weighted by Gasteiger charge is 2.18. The van der Waals surface area contributed by atoms with Crippen LogP contribution in [0.25, 0.3) is 11.4 Å². The second-order valence-electron chi connectivity index (χ2n) is 7.11. The van der Waals surface area contributed by atoms with Gasteiger partial charge in [0.25, 0.3) is 0 Å². The van der Waals surface area contributed by atoms with Gasteiger partial charge in [-0.3, -0.25) is 4.79 Å². The van der Waals surface area contributed by atoms with Crippen LogP contribution in [0.3, 0.4) is 0 Å². The van der Waals surface area contributed by atoms with Gasteiger partial charge >= 0.3 is 0 Å². The lowest BCUT2D eigenvalue weighted by Gasteiger charge is -2.20. The third-order valence-corrected chi connectivity index (χ3v) is 4.81. The van der Waals surface area contributed by atoms with Gasteiger partial charge in [-0.15, -0.1) is 0 Å². The second kappa shape index (κ2) is 7.92. The van der Waals surface area contributed by atoms with Gasteiger partial charge in [-0.1, -0.05) is 12.1 Å². The summed E-state index contributed by atoms with van der Waals surface area (Å²) in [6, 6.07) is 8.96. The summed E-state index contributed by atoms with van der Waals surface area (Å²) in [5.74, 6) is 1.68. The number of aryl methyl sites for hydroxylation is 2. The van der Waals surface area contributed by atoms with Crippen molar-refractivity contribution in [3.63, 3.8) is 0 Å². The fourth-order valence-electron chi connectivity index (χ4n) is 3.46. The molecule has 4 rings (SSSR count). The maximum Gasteiger partial charge on any atom is 0.248 e. The number of carbonyl (C=O) groups is 1. The van der Waals surface area contributed by atoms with Crippen LogP contribution in [-0.4, -0.2) is 32.4 Å². The summed E-state index contributed by atoms with van der Waals surface area (Å²) in [5, 5.41) is 6.76. The number of amides is 1. The van der Waals surface area contributed by atoms with E-state index in [1.54, 1.807) is 12.1 Å². The van der Waals surface area contributed by atoms with E-state index in [1.807, 2.05) is 32.0 Å². The molecule has 0 aliphatic carbocycles. The Morgan fingerprint density at radius 3 is 2.52 bits per heavy atom. The molecule has 0 saturated carbocycles. The fraction of sp³-hybridized carbons (Fsp3) is 0.286. The van der Waals surface area contributed by atoms with Crippen molar-refractivity contribution in [2.45, 2.75) is 33.4 Å². The van der Waals surface area contributed by atoms with E-state index >= 15 is 0 Å². The van der Waals surface area contributed by atoms with E-state index in [0.717, 1.165) is 52.8 Å². The monoisotopic (exact) mass is 389 g/mol. The first-order valence-electron chi connectivity index (χ1n) is 9.55. The third-order valence-electron chi connectivity index (χ3n) is 4.81.